The molecule has 0 aliphatic heterocycles. The van der Waals surface area contributed by atoms with Gasteiger partial charge in [-0.2, -0.15) is 18.4 Å². The molecule has 0 bridgehead atoms. The summed E-state index contributed by atoms with van der Waals surface area (Å²) in [5.74, 6) is -10.5. The van der Waals surface area contributed by atoms with Crippen LogP contribution in [0.2, 0.25) is 5.02 Å². The van der Waals surface area contributed by atoms with Crippen molar-refractivity contribution in [2.75, 3.05) is 26.6 Å². The molecule has 5 aromatic carbocycles. The first kappa shape index (κ1) is 92.7. The fourth-order valence-electron chi connectivity index (χ4n) is 10.1. The standard InChI is InChI=1S/C19H16F2N4O3.C17H12F2N4O2.C17H10FN5O2.C16H9ClF2N4O2.C16H11FN4O3.CH4/c1-11(2)27-13-3-4-24-16(7-13)19(26)25-12-5-15(20)18(21)17(6-12)28-14-8-22-10-23-9-14;1-10-3-2-4-14(22-10)17(24)23-11-5-13(18)16(19)15(6-11)25-12-7-20-9-21-8-12;18-12-1-2-22-16(5-12)17(24)23-13-3-11(7-19)4-14(6-13)25-15-8-20-10-21-9-15;17-9-1-2-22-13(3-9)16(24)23-10-4-12(18)15(19)14(5-10)25-11-6-20-8-21-7-11;17-10-3-11(21-16(23)15-6-12(22)1-2-20-15)5-13(4-10)24-14-7-18-9-19-8-14;/h3-11H,1-2H3,(H,25,26);2-9H,1H3,(H,23,24);1-6,8-10H,(H,23,24);1-8H,(H,23,24);1-9H,(H,20,22)(H,21,23);1H4. The third-order valence-corrected chi connectivity index (χ3v) is 15.6. The third-order valence-electron chi connectivity index (χ3n) is 15.4. The van der Waals surface area contributed by atoms with E-state index in [4.69, 9.17) is 45.3 Å². The number of carbonyl (C=O) groups is 5. The predicted octanol–water partition coefficient (Wildman–Crippen LogP) is 17.2. The smallest absolute Gasteiger partial charge is 0.274 e. The molecule has 0 unspecified atom stereocenters. The molecule has 10 heterocycles. The SMILES string of the molecule is C.CC(C)Oc1ccnc(C(=O)Nc2cc(F)c(F)c(Oc3cncnc3)c2)c1.Cc1cccc(C(=O)Nc2cc(F)c(F)c(Oc3cncnc3)c2)n1.N#Cc1cc(NC(=O)c2cc(F)ccn2)cc(Oc2cncnc2)c1.O=C(Nc1cc(F)c(F)c(Oc2cncnc2)c1)c1cc(Cl)ccn1.O=C(Nc1cc(F)cc(Oc2cncnc2)c1)c1cc(=O)cc[nH]1. The molecule has 10 aromatic heterocycles. The minimum Gasteiger partial charge on any atom is -0.491 e. The Balaban J connectivity index is 0.000000166. The van der Waals surface area contributed by atoms with Gasteiger partial charge in [0.2, 0.25) is 17.5 Å². The molecule has 5 amide bonds. The van der Waals surface area contributed by atoms with E-state index in [0.29, 0.717) is 39.4 Å². The minimum atomic E-state index is -1.21. The van der Waals surface area contributed by atoms with Gasteiger partial charge in [-0.05, 0) is 75.4 Å². The van der Waals surface area contributed by atoms with Gasteiger partial charge in [0.1, 0.15) is 89.0 Å². The van der Waals surface area contributed by atoms with Gasteiger partial charge < -0.3 is 60.0 Å². The monoisotopic (exact) mass is 1770 g/mol. The number of rotatable bonds is 22. The topological polar surface area (TPSA) is 438 Å². The zero-order valence-electron chi connectivity index (χ0n) is 65.3. The van der Waals surface area contributed by atoms with Gasteiger partial charge in [0, 0.05) is 143 Å². The van der Waals surface area contributed by atoms with E-state index in [9.17, 15) is 63.9 Å². The van der Waals surface area contributed by atoms with Crippen LogP contribution in [0, 0.1) is 64.8 Å². The first-order valence-electron chi connectivity index (χ1n) is 36.2. The number of aryl methyl sites for hydroxylation is 1. The number of ether oxygens (including phenoxy) is 6. The lowest BCUT2D eigenvalue weighted by molar-refractivity contribution is 0.101. The van der Waals surface area contributed by atoms with Crippen LogP contribution in [0.5, 0.6) is 63.2 Å². The van der Waals surface area contributed by atoms with Crippen molar-refractivity contribution in [3.05, 3.63) is 359 Å². The lowest BCUT2D eigenvalue weighted by Crippen LogP contribution is -2.16. The van der Waals surface area contributed by atoms with E-state index in [1.807, 2.05) is 19.9 Å². The van der Waals surface area contributed by atoms with Crippen LogP contribution < -0.4 is 60.4 Å². The molecule has 15 rings (SSSR count). The largest absolute Gasteiger partial charge is 0.491 e. The summed E-state index contributed by atoms with van der Waals surface area (Å²) in [6.07, 6.45) is 25.2. The number of nitrogens with one attached hydrogen (secondary N) is 6. The van der Waals surface area contributed by atoms with Gasteiger partial charge in [0.25, 0.3) is 29.5 Å². The van der Waals surface area contributed by atoms with Crippen molar-refractivity contribution in [2.24, 2.45) is 0 Å². The fourth-order valence-corrected chi connectivity index (χ4v) is 10.3. The number of halogens is 9. The van der Waals surface area contributed by atoms with Gasteiger partial charge >= 0.3 is 0 Å². The number of anilines is 5. The van der Waals surface area contributed by atoms with E-state index < -0.39 is 93.3 Å². The highest BCUT2D eigenvalue weighted by atomic mass is 35.5. The molecular weight excluding hydrogens is 1710 g/mol. The Morgan fingerprint density at radius 3 is 1.21 bits per heavy atom. The van der Waals surface area contributed by atoms with Gasteiger partial charge in [0.15, 0.2) is 68.9 Å². The second-order valence-corrected chi connectivity index (χ2v) is 25.8. The van der Waals surface area contributed by atoms with Gasteiger partial charge in [-0.25, -0.2) is 76.8 Å². The Morgan fingerprint density at radius 2 is 0.789 bits per heavy atom. The van der Waals surface area contributed by atoms with Gasteiger partial charge in [-0.3, -0.25) is 43.7 Å². The van der Waals surface area contributed by atoms with Crippen molar-refractivity contribution in [3.63, 3.8) is 0 Å². The second kappa shape index (κ2) is 45.3. The zero-order valence-corrected chi connectivity index (χ0v) is 66.1. The van der Waals surface area contributed by atoms with Crippen LogP contribution in [-0.4, -0.2) is 110 Å². The third kappa shape index (κ3) is 28.3. The Labute approximate surface area is 723 Å². The number of carbonyl (C=O) groups excluding carboxylic acids is 5. The van der Waals surface area contributed by atoms with E-state index in [2.05, 4.69) is 101 Å². The number of H-pyrrole nitrogens is 1. The van der Waals surface area contributed by atoms with Crippen molar-refractivity contribution >= 4 is 69.6 Å². The molecule has 42 heteroatoms. The van der Waals surface area contributed by atoms with E-state index in [-0.39, 0.29) is 98.7 Å². The molecule has 15 aromatic rings. The summed E-state index contributed by atoms with van der Waals surface area (Å²) in [5, 5.41) is 21.8. The van der Waals surface area contributed by atoms with E-state index in [0.717, 1.165) is 60.7 Å². The first-order chi connectivity index (χ1) is 61.2. The molecule has 0 aliphatic carbocycles. The highest BCUT2D eigenvalue weighted by Gasteiger charge is 2.22. The maximum Gasteiger partial charge on any atom is 0.274 e. The average molecular weight is 1770 g/mol. The maximum atomic E-state index is 14.0. The quantitative estimate of drug-likeness (QED) is 0.0343. The van der Waals surface area contributed by atoms with Crippen molar-refractivity contribution in [2.45, 2.75) is 34.3 Å². The van der Waals surface area contributed by atoms with Crippen LogP contribution in [0.25, 0.3) is 0 Å². The summed E-state index contributed by atoms with van der Waals surface area (Å²) in [7, 11) is 0. The van der Waals surface area contributed by atoms with Crippen LogP contribution in [0.1, 0.15) is 85.0 Å². The summed E-state index contributed by atoms with van der Waals surface area (Å²) < 4.78 is 142. The highest BCUT2D eigenvalue weighted by molar-refractivity contribution is 6.31. The van der Waals surface area contributed by atoms with Crippen LogP contribution in [0.15, 0.2) is 263 Å². The van der Waals surface area contributed by atoms with Crippen molar-refractivity contribution in [3.8, 4) is 69.3 Å². The number of benzene rings is 5. The number of hydrogen-bond acceptors (Lipinski definition) is 27. The molecule has 33 nitrogen and oxygen atoms in total. The Kier molecular flexibility index (Phi) is 32.8. The van der Waals surface area contributed by atoms with Gasteiger partial charge in [-0.1, -0.05) is 25.1 Å². The Bertz CT molecular complexity index is 6370. The Morgan fingerprint density at radius 1 is 0.398 bits per heavy atom. The molecular formula is C86H62ClF8N21O12. The zero-order chi connectivity index (χ0) is 90.3. The molecule has 128 heavy (non-hydrogen) atoms. The van der Waals surface area contributed by atoms with E-state index in [1.165, 1.54) is 179 Å². The Hall–Kier alpha value is -17.6. The highest BCUT2D eigenvalue weighted by Crippen LogP contribution is 2.34. The number of pyridine rings is 5. The summed E-state index contributed by atoms with van der Waals surface area (Å²) in [6, 6.07) is 31.6. The number of aromatic amines is 1. The second-order valence-electron chi connectivity index (χ2n) is 25.4. The van der Waals surface area contributed by atoms with Gasteiger partial charge in [0.05, 0.1) is 79.7 Å². The van der Waals surface area contributed by atoms with Crippen molar-refractivity contribution in [1.82, 2.24) is 74.8 Å². The van der Waals surface area contributed by atoms with Crippen LogP contribution in [0.4, 0.5) is 63.6 Å². The number of amides is 5. The van der Waals surface area contributed by atoms with Crippen LogP contribution >= 0.6 is 11.6 Å². The van der Waals surface area contributed by atoms with E-state index in [1.54, 1.807) is 25.1 Å². The molecule has 0 saturated heterocycles. The summed E-state index contributed by atoms with van der Waals surface area (Å²) in [5.41, 5.74) is 1.32. The maximum absolute atomic E-state index is 14.0. The van der Waals surface area contributed by atoms with Crippen molar-refractivity contribution < 1.29 is 87.5 Å². The molecule has 0 aliphatic rings. The lowest BCUT2D eigenvalue weighted by Gasteiger charge is -2.12. The van der Waals surface area contributed by atoms with Crippen molar-refractivity contribution in [1.29, 1.82) is 5.26 Å². The molecule has 0 radical (unpaired) electrons. The average Bonchev–Trinajstić information content (AvgIpc) is 0.834. The summed E-state index contributed by atoms with van der Waals surface area (Å²) in [6.45, 7) is 5.43. The normalized spacial score (nSPS) is 10.2. The van der Waals surface area contributed by atoms with Crippen LogP contribution in [-0.2, 0) is 0 Å². The predicted molar refractivity (Wildman–Crippen MR) is 443 cm³/mol. The molecule has 6 N–H and O–H groups in total. The van der Waals surface area contributed by atoms with Crippen LogP contribution in [0.3, 0.4) is 0 Å². The lowest BCUT2D eigenvalue weighted by atomic mass is 10.2. The molecule has 0 fully saturated rings. The minimum absolute atomic E-state index is 0. The molecule has 0 spiro atoms. The van der Waals surface area contributed by atoms with Gasteiger partial charge in [-0.15, -0.1) is 0 Å². The van der Waals surface area contributed by atoms with E-state index >= 15 is 0 Å². The molecule has 646 valence electrons. The summed E-state index contributed by atoms with van der Waals surface area (Å²) >= 11 is 5.79. The first-order valence-corrected chi connectivity index (χ1v) is 36.6. The molecule has 0 atom stereocenters. The number of nitrogens with zero attached hydrogens (tertiary/aromatic N) is 15. The fraction of sp³-hybridized carbons (Fsp3) is 0.0581. The summed E-state index contributed by atoms with van der Waals surface area (Å²) in [4.78, 5) is 128. The number of hydrogen-bond donors (Lipinski definition) is 6. The number of aromatic nitrogens is 15. The molecule has 0 saturated carbocycles. The number of nitriles is 1.